The van der Waals surface area contributed by atoms with Gasteiger partial charge in [0, 0.05) is 16.9 Å². The van der Waals surface area contributed by atoms with Crippen LogP contribution in [0.5, 0.6) is 0 Å². The molecule has 2 heterocycles. The largest absolute Gasteiger partial charge is 0.337 e. The molecule has 2 aromatic heterocycles. The molecule has 0 fully saturated rings. The first-order valence-corrected chi connectivity index (χ1v) is 8.17. The van der Waals surface area contributed by atoms with Crippen molar-refractivity contribution < 1.29 is 10.1 Å². The molecule has 1 amide bonds. The summed E-state index contributed by atoms with van der Waals surface area (Å²) < 4.78 is 1.96. The highest BCUT2D eigenvalue weighted by molar-refractivity contribution is 6.30. The Hall–Kier alpha value is -2.44. The van der Waals surface area contributed by atoms with Crippen molar-refractivity contribution in [3.63, 3.8) is 0 Å². The molecule has 3 aromatic rings. The summed E-state index contributed by atoms with van der Waals surface area (Å²) in [5, 5.41) is 13.9. The number of aromatic nitrogens is 3. The normalized spacial score (nSPS) is 12.2. The van der Waals surface area contributed by atoms with Gasteiger partial charge in [-0.25, -0.2) is 0 Å². The summed E-state index contributed by atoms with van der Waals surface area (Å²) in [4.78, 5) is 12.1. The van der Waals surface area contributed by atoms with Crippen molar-refractivity contribution in [1.82, 2.24) is 14.6 Å². The van der Waals surface area contributed by atoms with E-state index in [9.17, 15) is 4.79 Å². The van der Waals surface area contributed by atoms with Gasteiger partial charge in [-0.1, -0.05) is 17.7 Å². The smallest absolute Gasteiger partial charge is 0.230 e. The van der Waals surface area contributed by atoms with Gasteiger partial charge < -0.3 is 10.6 Å². The van der Waals surface area contributed by atoms with E-state index in [0.717, 1.165) is 17.2 Å². The number of nitrogens with two attached hydrogens (primary N) is 1. The molecule has 0 saturated heterocycles. The molecular weight excluding hydrogens is 326 g/mol. The Bertz CT molecular complexity index is 830. The van der Waals surface area contributed by atoms with Crippen LogP contribution in [-0.4, -0.2) is 26.5 Å². The van der Waals surface area contributed by atoms with Crippen LogP contribution in [0.2, 0.25) is 5.02 Å². The molecule has 0 radical (unpaired) electrons. The van der Waals surface area contributed by atoms with Crippen LogP contribution in [0.25, 0.3) is 5.65 Å². The molecule has 1 atom stereocenters. The van der Waals surface area contributed by atoms with Crippen LogP contribution >= 0.6 is 11.6 Å². The number of nitrogens with one attached hydrogen (secondary N) is 1. The van der Waals surface area contributed by atoms with E-state index in [1.54, 1.807) is 24.3 Å². The van der Waals surface area contributed by atoms with Gasteiger partial charge in [0.1, 0.15) is 6.54 Å². The van der Waals surface area contributed by atoms with Gasteiger partial charge in [-0.3, -0.25) is 9.20 Å². The minimum Gasteiger partial charge on any atom is -0.337 e. The monoisotopic (exact) mass is 344 g/mol. The number of quaternary nitrogens is 1. The van der Waals surface area contributed by atoms with Gasteiger partial charge in [0.25, 0.3) is 0 Å². The maximum Gasteiger partial charge on any atom is 0.230 e. The molecule has 7 heteroatoms. The van der Waals surface area contributed by atoms with Crippen LogP contribution in [0.4, 0.5) is 5.69 Å². The van der Waals surface area contributed by atoms with Crippen LogP contribution in [0.1, 0.15) is 19.2 Å². The third-order valence-corrected chi connectivity index (χ3v) is 3.97. The number of amides is 1. The maximum atomic E-state index is 12.1. The zero-order valence-corrected chi connectivity index (χ0v) is 14.1. The molecule has 0 aliphatic rings. The number of halogens is 1. The van der Waals surface area contributed by atoms with E-state index in [-0.39, 0.29) is 11.9 Å². The van der Waals surface area contributed by atoms with Crippen LogP contribution in [0, 0.1) is 0 Å². The molecule has 1 aromatic carbocycles. The lowest BCUT2D eigenvalue weighted by Crippen LogP contribution is -2.88. The van der Waals surface area contributed by atoms with Crippen molar-refractivity contribution in [3.05, 3.63) is 59.5 Å². The van der Waals surface area contributed by atoms with Gasteiger partial charge in [0.15, 0.2) is 11.5 Å². The molecular formula is C17H19ClN5O+. The number of fused-ring (bicyclic) bond motifs is 1. The molecule has 24 heavy (non-hydrogen) atoms. The van der Waals surface area contributed by atoms with Gasteiger partial charge in [-0.2, -0.15) is 0 Å². The average molecular weight is 345 g/mol. The summed E-state index contributed by atoms with van der Waals surface area (Å²) in [5.41, 5.74) is 1.58. The second kappa shape index (κ2) is 7.42. The molecule has 0 saturated carbocycles. The summed E-state index contributed by atoms with van der Waals surface area (Å²) in [6.45, 7) is 2.69. The average Bonchev–Trinajstić information content (AvgIpc) is 2.98. The number of pyridine rings is 1. The van der Waals surface area contributed by atoms with E-state index in [4.69, 9.17) is 11.6 Å². The zero-order chi connectivity index (χ0) is 16.9. The predicted molar refractivity (Wildman–Crippen MR) is 92.8 cm³/mol. The first kappa shape index (κ1) is 16.4. The third kappa shape index (κ3) is 4.10. The van der Waals surface area contributed by atoms with Crippen molar-refractivity contribution in [1.29, 1.82) is 0 Å². The molecule has 0 spiro atoms. The van der Waals surface area contributed by atoms with Gasteiger partial charge in [0.2, 0.25) is 5.91 Å². The van der Waals surface area contributed by atoms with Crippen molar-refractivity contribution >= 4 is 28.8 Å². The van der Waals surface area contributed by atoms with Gasteiger partial charge >= 0.3 is 0 Å². The fraction of sp³-hybridized carbons (Fsp3) is 0.235. The molecule has 0 aliphatic heterocycles. The Morgan fingerprint density at radius 2 is 2.04 bits per heavy atom. The van der Waals surface area contributed by atoms with Crippen molar-refractivity contribution in [2.45, 2.75) is 25.9 Å². The summed E-state index contributed by atoms with van der Waals surface area (Å²) in [7, 11) is 0. The molecule has 3 rings (SSSR count). The van der Waals surface area contributed by atoms with Gasteiger partial charge in [0.05, 0.1) is 12.5 Å². The van der Waals surface area contributed by atoms with Crippen LogP contribution in [0.15, 0.2) is 48.7 Å². The van der Waals surface area contributed by atoms with Crippen LogP contribution < -0.4 is 10.6 Å². The van der Waals surface area contributed by atoms with Crippen molar-refractivity contribution in [2.24, 2.45) is 0 Å². The first-order valence-electron chi connectivity index (χ1n) is 7.79. The van der Waals surface area contributed by atoms with E-state index in [0.29, 0.717) is 18.0 Å². The van der Waals surface area contributed by atoms with Crippen molar-refractivity contribution in [3.8, 4) is 0 Å². The number of carbonyl (C=O) groups is 1. The third-order valence-electron chi connectivity index (χ3n) is 3.72. The SMILES string of the molecule is C[C@H](CC(=O)Nc1ccc(Cl)cc1)[NH2+]Cc1nnc2ccccn12. The zero-order valence-electron chi connectivity index (χ0n) is 13.3. The topological polar surface area (TPSA) is 75.9 Å². The second-order valence-electron chi connectivity index (χ2n) is 5.72. The van der Waals surface area contributed by atoms with Crippen LogP contribution in [0.3, 0.4) is 0 Å². The highest BCUT2D eigenvalue weighted by atomic mass is 35.5. The minimum absolute atomic E-state index is 0.0211. The van der Waals surface area contributed by atoms with E-state index in [1.807, 2.05) is 35.7 Å². The fourth-order valence-electron chi connectivity index (χ4n) is 2.46. The van der Waals surface area contributed by atoms with Crippen LogP contribution in [-0.2, 0) is 11.3 Å². The van der Waals surface area contributed by atoms with Gasteiger partial charge in [-0.15, -0.1) is 10.2 Å². The predicted octanol–water partition coefficient (Wildman–Crippen LogP) is 1.86. The molecule has 3 N–H and O–H groups in total. The number of hydrogen-bond donors (Lipinski definition) is 2. The molecule has 0 bridgehead atoms. The summed E-state index contributed by atoms with van der Waals surface area (Å²) in [6, 6.07) is 13.0. The fourth-order valence-corrected chi connectivity index (χ4v) is 2.58. The quantitative estimate of drug-likeness (QED) is 0.716. The number of carbonyl (C=O) groups excluding carboxylic acids is 1. The lowest BCUT2D eigenvalue weighted by atomic mass is 10.2. The highest BCUT2D eigenvalue weighted by Crippen LogP contribution is 2.13. The molecule has 6 nitrogen and oxygen atoms in total. The number of rotatable bonds is 6. The van der Waals surface area contributed by atoms with Gasteiger partial charge in [-0.05, 0) is 43.3 Å². The number of anilines is 1. The second-order valence-corrected chi connectivity index (χ2v) is 6.16. The molecule has 124 valence electrons. The lowest BCUT2D eigenvalue weighted by Gasteiger charge is -2.10. The molecule has 0 aliphatic carbocycles. The summed E-state index contributed by atoms with van der Waals surface area (Å²) in [5.74, 6) is 0.850. The Labute approximate surface area is 144 Å². The standard InChI is InChI=1S/C17H18ClN5O/c1-12(10-17(24)20-14-7-5-13(18)6-8-14)19-11-16-22-21-15-4-2-3-9-23(15)16/h2-9,12,19H,10-11H2,1H3,(H,20,24)/p+1/t12-/m1/s1. The summed E-state index contributed by atoms with van der Waals surface area (Å²) in [6.07, 6.45) is 2.36. The van der Waals surface area contributed by atoms with E-state index in [1.165, 1.54) is 0 Å². The Kier molecular flexibility index (Phi) is 5.08. The number of hydrogen-bond acceptors (Lipinski definition) is 3. The Morgan fingerprint density at radius 1 is 1.25 bits per heavy atom. The maximum absolute atomic E-state index is 12.1. The summed E-state index contributed by atoms with van der Waals surface area (Å²) >= 11 is 5.83. The highest BCUT2D eigenvalue weighted by Gasteiger charge is 2.14. The first-order chi connectivity index (χ1) is 11.6. The number of benzene rings is 1. The van der Waals surface area contributed by atoms with E-state index in [2.05, 4.69) is 20.8 Å². The number of nitrogens with zero attached hydrogens (tertiary/aromatic N) is 3. The van der Waals surface area contributed by atoms with Crippen molar-refractivity contribution in [2.75, 3.05) is 5.32 Å². The lowest BCUT2D eigenvalue weighted by molar-refractivity contribution is -0.701. The van der Waals surface area contributed by atoms with E-state index >= 15 is 0 Å². The Morgan fingerprint density at radius 3 is 2.83 bits per heavy atom. The minimum atomic E-state index is -0.0211. The Balaban J connectivity index is 1.51. The molecule has 0 unspecified atom stereocenters. The van der Waals surface area contributed by atoms with E-state index < -0.39 is 0 Å².